The predicted molar refractivity (Wildman–Crippen MR) is 117 cm³/mol. The first kappa shape index (κ1) is 21.6. The second kappa shape index (κ2) is 9.17. The van der Waals surface area contributed by atoms with Gasteiger partial charge >= 0.3 is 0 Å². The zero-order valence-electron chi connectivity index (χ0n) is 16.9. The number of hydrogen-bond acceptors (Lipinski definition) is 7. The van der Waals surface area contributed by atoms with E-state index in [0.29, 0.717) is 18.4 Å². The molecule has 2 aromatic rings. The third-order valence-electron chi connectivity index (χ3n) is 5.19. The Morgan fingerprint density at radius 3 is 2.32 bits per heavy atom. The van der Waals surface area contributed by atoms with Crippen LogP contribution < -0.4 is 10.0 Å². The number of hydrogen-bond donors (Lipinski definition) is 2. The number of aromatic nitrogens is 2. The lowest BCUT2D eigenvalue weighted by Gasteiger charge is -2.29. The monoisotopic (exact) mass is 443 g/mol. The summed E-state index contributed by atoms with van der Waals surface area (Å²) in [5, 5.41) is 5.51. The highest BCUT2D eigenvalue weighted by Gasteiger charge is 2.23. The molecule has 2 N–H and O–H groups in total. The van der Waals surface area contributed by atoms with Crippen LogP contribution in [0.2, 0.25) is 0 Å². The lowest BCUT2D eigenvalue weighted by Crippen LogP contribution is -2.39. The van der Waals surface area contributed by atoms with Gasteiger partial charge in [-0.15, -0.1) is 11.3 Å². The largest absolute Gasteiger partial charge is 0.361 e. The summed E-state index contributed by atoms with van der Waals surface area (Å²) in [6.45, 7) is 5.58. The molecule has 0 spiro atoms. The van der Waals surface area contributed by atoms with Gasteiger partial charge in [-0.3, -0.25) is 0 Å². The van der Waals surface area contributed by atoms with Gasteiger partial charge in [0.1, 0.15) is 0 Å². The first-order chi connectivity index (χ1) is 13.2. The van der Waals surface area contributed by atoms with Crippen molar-refractivity contribution in [2.45, 2.75) is 39.5 Å². The van der Waals surface area contributed by atoms with E-state index in [1.54, 1.807) is 36.8 Å². The number of nitrogens with one attached hydrogen (secondary N) is 2. The van der Waals surface area contributed by atoms with Crippen molar-refractivity contribution in [3.05, 3.63) is 16.1 Å². The van der Waals surface area contributed by atoms with Crippen LogP contribution in [0.15, 0.2) is 6.20 Å². The Hall–Kier alpha value is -1.07. The van der Waals surface area contributed by atoms with E-state index in [2.05, 4.69) is 26.9 Å². The Morgan fingerprint density at radius 1 is 1.11 bits per heavy atom. The molecule has 0 radical (unpaired) electrons. The minimum absolute atomic E-state index is 0.424. The lowest BCUT2D eigenvalue weighted by atomic mass is 9.82. The van der Waals surface area contributed by atoms with Gasteiger partial charge in [0.2, 0.25) is 0 Å². The maximum absolute atomic E-state index is 11.8. The number of rotatable bonds is 8. The molecule has 0 saturated heterocycles. The molecule has 1 fully saturated rings. The molecule has 156 valence electrons. The minimum Gasteiger partial charge on any atom is -0.361 e. The summed E-state index contributed by atoms with van der Waals surface area (Å²) in [5.41, 5.74) is 1.05. The van der Waals surface area contributed by atoms with E-state index in [9.17, 15) is 8.42 Å². The minimum atomic E-state index is -3.32. The number of aryl methyl sites for hydroxylation is 2. The van der Waals surface area contributed by atoms with Crippen LogP contribution in [0, 0.1) is 25.7 Å². The molecule has 0 aromatic carbocycles. The molecule has 2 heterocycles. The van der Waals surface area contributed by atoms with E-state index in [0.717, 1.165) is 52.9 Å². The number of thiazole rings is 2. The molecule has 1 aliphatic rings. The van der Waals surface area contributed by atoms with E-state index in [1.165, 1.54) is 9.18 Å². The van der Waals surface area contributed by atoms with Crippen LogP contribution in [-0.2, 0) is 10.2 Å². The fourth-order valence-corrected chi connectivity index (χ4v) is 5.92. The maximum atomic E-state index is 11.8. The van der Waals surface area contributed by atoms with Gasteiger partial charge in [0.25, 0.3) is 10.2 Å². The first-order valence-electron chi connectivity index (χ1n) is 9.56. The van der Waals surface area contributed by atoms with Gasteiger partial charge in [-0.2, -0.15) is 12.7 Å². The van der Waals surface area contributed by atoms with Gasteiger partial charge < -0.3 is 5.32 Å². The molecule has 2 aromatic heterocycles. The molecule has 1 aliphatic carbocycles. The lowest BCUT2D eigenvalue weighted by molar-refractivity contribution is 0.283. The highest BCUT2D eigenvalue weighted by Crippen LogP contribution is 2.34. The Morgan fingerprint density at radius 2 is 1.75 bits per heavy atom. The van der Waals surface area contributed by atoms with Crippen LogP contribution >= 0.6 is 22.7 Å². The van der Waals surface area contributed by atoms with E-state index in [4.69, 9.17) is 0 Å². The molecule has 1 saturated carbocycles. The molecule has 10 heteroatoms. The SMILES string of the molecule is Cc1nc(-c2cnc(NCC3CCC(CNS(=O)(=O)N(C)C)CC3)s2)c(C)s1. The quantitative estimate of drug-likeness (QED) is 0.652. The second-order valence-corrected chi connectivity index (χ2v) is 12.0. The van der Waals surface area contributed by atoms with Crippen molar-refractivity contribution in [1.29, 1.82) is 0 Å². The summed E-state index contributed by atoms with van der Waals surface area (Å²) in [7, 11) is -0.225. The molecule has 0 amide bonds. The van der Waals surface area contributed by atoms with Crippen molar-refractivity contribution in [2.75, 3.05) is 32.5 Å². The van der Waals surface area contributed by atoms with Crippen molar-refractivity contribution in [3.63, 3.8) is 0 Å². The highest BCUT2D eigenvalue weighted by atomic mass is 32.2. The van der Waals surface area contributed by atoms with Crippen LogP contribution in [0.3, 0.4) is 0 Å². The summed E-state index contributed by atoms with van der Waals surface area (Å²) < 4.78 is 27.6. The summed E-state index contributed by atoms with van der Waals surface area (Å²) in [6, 6.07) is 0. The van der Waals surface area contributed by atoms with Crippen LogP contribution in [0.4, 0.5) is 5.13 Å². The predicted octanol–water partition coefficient (Wildman–Crippen LogP) is 3.50. The van der Waals surface area contributed by atoms with Crippen molar-refractivity contribution in [2.24, 2.45) is 11.8 Å². The Balaban J connectivity index is 1.43. The van der Waals surface area contributed by atoms with Crippen molar-refractivity contribution in [1.82, 2.24) is 19.0 Å². The van der Waals surface area contributed by atoms with Gasteiger partial charge in [-0.1, -0.05) is 11.3 Å². The molecule has 0 aliphatic heterocycles. The smallest absolute Gasteiger partial charge is 0.278 e. The molecule has 3 rings (SSSR count). The standard InChI is InChI=1S/C18H29N5O2S3/c1-12-17(22-13(2)26-12)16-11-20-18(27-16)19-9-14-5-7-15(8-6-14)10-21-28(24,25)23(3)4/h11,14-15,21H,5-10H2,1-4H3,(H,19,20). The average Bonchev–Trinajstić information content (AvgIpc) is 3.24. The Labute approximate surface area is 175 Å². The molecular weight excluding hydrogens is 414 g/mol. The van der Waals surface area contributed by atoms with Crippen LogP contribution in [-0.4, -0.2) is 49.9 Å². The normalized spacial score (nSPS) is 20.6. The van der Waals surface area contributed by atoms with Crippen molar-refractivity contribution in [3.8, 4) is 10.6 Å². The van der Waals surface area contributed by atoms with Gasteiger partial charge in [0.05, 0.1) is 15.6 Å². The van der Waals surface area contributed by atoms with E-state index < -0.39 is 10.2 Å². The topological polar surface area (TPSA) is 87.2 Å². The molecule has 7 nitrogen and oxygen atoms in total. The zero-order valence-corrected chi connectivity index (χ0v) is 19.3. The van der Waals surface area contributed by atoms with E-state index in [-0.39, 0.29) is 0 Å². The van der Waals surface area contributed by atoms with Gasteiger partial charge in [-0.25, -0.2) is 14.7 Å². The summed E-state index contributed by atoms with van der Waals surface area (Å²) in [5.74, 6) is 1.03. The van der Waals surface area contributed by atoms with E-state index in [1.807, 2.05) is 13.1 Å². The fourth-order valence-electron chi connectivity index (χ4n) is 3.45. The van der Waals surface area contributed by atoms with Gasteiger partial charge in [-0.05, 0) is 51.4 Å². The third-order valence-corrected chi connectivity index (χ3v) is 8.53. The number of anilines is 1. The van der Waals surface area contributed by atoms with Crippen LogP contribution in [0.1, 0.15) is 35.6 Å². The summed E-state index contributed by atoms with van der Waals surface area (Å²) in [4.78, 5) is 11.5. The molecule has 0 bridgehead atoms. The van der Waals surface area contributed by atoms with Crippen LogP contribution in [0.5, 0.6) is 0 Å². The molecule has 0 unspecified atom stereocenters. The molecular formula is C18H29N5O2S3. The van der Waals surface area contributed by atoms with Gasteiger partial charge in [0, 0.05) is 38.3 Å². The van der Waals surface area contributed by atoms with Crippen molar-refractivity contribution >= 4 is 38.0 Å². The highest BCUT2D eigenvalue weighted by molar-refractivity contribution is 7.87. The average molecular weight is 444 g/mol. The zero-order chi connectivity index (χ0) is 20.3. The Kier molecular flexibility index (Phi) is 7.08. The maximum Gasteiger partial charge on any atom is 0.278 e. The van der Waals surface area contributed by atoms with E-state index >= 15 is 0 Å². The fraction of sp³-hybridized carbons (Fsp3) is 0.667. The third kappa shape index (κ3) is 5.50. The Bertz CT molecular complexity index is 883. The second-order valence-electron chi connectivity index (χ2n) is 7.57. The first-order valence-corrected chi connectivity index (χ1v) is 12.6. The molecule has 28 heavy (non-hydrogen) atoms. The summed E-state index contributed by atoms with van der Waals surface area (Å²) >= 11 is 3.38. The number of nitrogens with zero attached hydrogens (tertiary/aromatic N) is 3. The van der Waals surface area contributed by atoms with Gasteiger partial charge in [0.15, 0.2) is 5.13 Å². The summed E-state index contributed by atoms with van der Waals surface area (Å²) in [6.07, 6.45) is 6.25. The van der Waals surface area contributed by atoms with Crippen LogP contribution in [0.25, 0.3) is 10.6 Å². The molecule has 0 atom stereocenters. The van der Waals surface area contributed by atoms with Crippen molar-refractivity contribution < 1.29 is 8.42 Å².